The number of nitro groups is 1. The highest BCUT2D eigenvalue weighted by molar-refractivity contribution is 5.43. The molecule has 2 rings (SSSR count). The zero-order valence-corrected chi connectivity index (χ0v) is 9.97. The van der Waals surface area contributed by atoms with Crippen molar-refractivity contribution in [2.75, 3.05) is 13.2 Å². The Morgan fingerprint density at radius 1 is 1.53 bits per heavy atom. The molecule has 1 aliphatic rings. The van der Waals surface area contributed by atoms with Crippen LogP contribution in [0.15, 0.2) is 18.2 Å². The van der Waals surface area contributed by atoms with Gasteiger partial charge in [0.25, 0.3) is 5.69 Å². The Balaban J connectivity index is 2.14. The molecule has 1 saturated heterocycles. The number of nitro benzene ring substituents is 1. The van der Waals surface area contributed by atoms with E-state index in [1.54, 1.807) is 19.1 Å². The molecule has 0 aliphatic carbocycles. The SMILES string of the molecule is Cc1ccc(C(C)NC2COC2)cc1[N+](=O)[O-]. The fourth-order valence-electron chi connectivity index (χ4n) is 1.87. The average Bonchev–Trinajstić information content (AvgIpc) is 2.23. The minimum absolute atomic E-state index is 0.100. The molecule has 0 amide bonds. The van der Waals surface area contributed by atoms with Crippen LogP contribution in [-0.4, -0.2) is 24.2 Å². The van der Waals surface area contributed by atoms with Gasteiger partial charge in [0, 0.05) is 17.7 Å². The van der Waals surface area contributed by atoms with Crippen LogP contribution in [0.25, 0.3) is 0 Å². The number of hydrogen-bond donors (Lipinski definition) is 1. The van der Waals surface area contributed by atoms with Crippen molar-refractivity contribution in [3.63, 3.8) is 0 Å². The number of hydrogen-bond acceptors (Lipinski definition) is 4. The Morgan fingerprint density at radius 3 is 2.76 bits per heavy atom. The third-order valence-corrected chi connectivity index (χ3v) is 3.05. The van der Waals surface area contributed by atoms with Gasteiger partial charge in [-0.15, -0.1) is 0 Å². The van der Waals surface area contributed by atoms with Crippen molar-refractivity contribution in [3.8, 4) is 0 Å². The van der Waals surface area contributed by atoms with E-state index < -0.39 is 0 Å². The molecular weight excluding hydrogens is 220 g/mol. The van der Waals surface area contributed by atoms with E-state index in [9.17, 15) is 10.1 Å². The van der Waals surface area contributed by atoms with Crippen molar-refractivity contribution >= 4 is 5.69 Å². The van der Waals surface area contributed by atoms with Crippen LogP contribution in [0.4, 0.5) is 5.69 Å². The predicted octanol–water partition coefficient (Wildman–Crippen LogP) is 1.95. The lowest BCUT2D eigenvalue weighted by Gasteiger charge is -2.30. The highest BCUT2D eigenvalue weighted by Gasteiger charge is 2.21. The molecule has 0 aromatic heterocycles. The molecule has 1 fully saturated rings. The van der Waals surface area contributed by atoms with Crippen LogP contribution in [0.5, 0.6) is 0 Å². The van der Waals surface area contributed by atoms with Gasteiger partial charge in [0.15, 0.2) is 0 Å². The van der Waals surface area contributed by atoms with Gasteiger partial charge in [-0.3, -0.25) is 10.1 Å². The molecular formula is C12H16N2O3. The Morgan fingerprint density at radius 2 is 2.24 bits per heavy atom. The summed E-state index contributed by atoms with van der Waals surface area (Å²) in [5, 5.41) is 14.2. The predicted molar refractivity (Wildman–Crippen MR) is 64.0 cm³/mol. The summed E-state index contributed by atoms with van der Waals surface area (Å²) in [7, 11) is 0. The third kappa shape index (κ3) is 2.62. The van der Waals surface area contributed by atoms with Gasteiger partial charge in [0.1, 0.15) is 0 Å². The maximum Gasteiger partial charge on any atom is 0.272 e. The number of rotatable bonds is 4. The first-order valence-electron chi connectivity index (χ1n) is 5.66. The number of ether oxygens (including phenoxy) is 1. The first-order valence-corrected chi connectivity index (χ1v) is 5.66. The van der Waals surface area contributed by atoms with Gasteiger partial charge in [-0.2, -0.15) is 0 Å². The zero-order chi connectivity index (χ0) is 12.4. The van der Waals surface area contributed by atoms with Crippen LogP contribution >= 0.6 is 0 Å². The minimum atomic E-state index is -0.335. The van der Waals surface area contributed by atoms with Crippen LogP contribution < -0.4 is 5.32 Å². The number of benzene rings is 1. The average molecular weight is 236 g/mol. The largest absolute Gasteiger partial charge is 0.378 e. The van der Waals surface area contributed by atoms with E-state index in [1.807, 2.05) is 13.0 Å². The first kappa shape index (κ1) is 12.0. The summed E-state index contributed by atoms with van der Waals surface area (Å²) in [6.45, 7) is 5.20. The lowest BCUT2D eigenvalue weighted by molar-refractivity contribution is -0.385. The Bertz CT molecular complexity index is 430. The lowest BCUT2D eigenvalue weighted by Crippen LogP contribution is -2.46. The molecule has 5 nitrogen and oxygen atoms in total. The van der Waals surface area contributed by atoms with Gasteiger partial charge in [0.2, 0.25) is 0 Å². The molecule has 17 heavy (non-hydrogen) atoms. The fraction of sp³-hybridized carbons (Fsp3) is 0.500. The zero-order valence-electron chi connectivity index (χ0n) is 9.97. The van der Waals surface area contributed by atoms with E-state index in [-0.39, 0.29) is 16.7 Å². The smallest absolute Gasteiger partial charge is 0.272 e. The topological polar surface area (TPSA) is 64.4 Å². The minimum Gasteiger partial charge on any atom is -0.378 e. The van der Waals surface area contributed by atoms with Crippen molar-refractivity contribution in [2.24, 2.45) is 0 Å². The van der Waals surface area contributed by atoms with Gasteiger partial charge >= 0.3 is 0 Å². The second kappa shape index (κ2) is 4.81. The normalized spacial score (nSPS) is 17.5. The Kier molecular flexibility index (Phi) is 3.40. The highest BCUT2D eigenvalue weighted by Crippen LogP contribution is 2.23. The molecule has 0 saturated carbocycles. The van der Waals surface area contributed by atoms with Crippen molar-refractivity contribution in [3.05, 3.63) is 39.4 Å². The Hall–Kier alpha value is -1.46. The molecule has 5 heteroatoms. The molecule has 1 unspecified atom stereocenters. The van der Waals surface area contributed by atoms with Crippen LogP contribution in [0, 0.1) is 17.0 Å². The monoisotopic (exact) mass is 236 g/mol. The van der Waals surface area contributed by atoms with Gasteiger partial charge in [-0.25, -0.2) is 0 Å². The van der Waals surface area contributed by atoms with Crippen LogP contribution in [0.2, 0.25) is 0 Å². The van der Waals surface area contributed by atoms with Crippen LogP contribution in [0.1, 0.15) is 24.1 Å². The van der Waals surface area contributed by atoms with Crippen molar-refractivity contribution in [1.29, 1.82) is 0 Å². The summed E-state index contributed by atoms with van der Waals surface area (Å²) in [4.78, 5) is 10.5. The molecule has 1 N–H and O–H groups in total. The lowest BCUT2D eigenvalue weighted by atomic mass is 10.0. The molecule has 1 aromatic rings. The first-order chi connectivity index (χ1) is 8.08. The summed E-state index contributed by atoms with van der Waals surface area (Å²) in [6, 6.07) is 5.84. The van der Waals surface area contributed by atoms with Gasteiger partial charge in [-0.05, 0) is 19.4 Å². The molecule has 1 aromatic carbocycles. The summed E-state index contributed by atoms with van der Waals surface area (Å²) in [5.41, 5.74) is 1.81. The second-order valence-electron chi connectivity index (χ2n) is 4.43. The van der Waals surface area contributed by atoms with Gasteiger partial charge in [-0.1, -0.05) is 12.1 Å². The van der Waals surface area contributed by atoms with Crippen molar-refractivity contribution < 1.29 is 9.66 Å². The van der Waals surface area contributed by atoms with E-state index in [0.29, 0.717) is 11.6 Å². The standard InChI is InChI=1S/C12H16N2O3/c1-8-3-4-10(5-12(8)14(15)16)9(2)13-11-6-17-7-11/h3-5,9,11,13H,6-7H2,1-2H3. The number of nitrogens with zero attached hydrogens (tertiary/aromatic N) is 1. The Labute approximate surface area is 99.9 Å². The van der Waals surface area contributed by atoms with Crippen molar-refractivity contribution in [2.45, 2.75) is 25.9 Å². The highest BCUT2D eigenvalue weighted by atomic mass is 16.6. The van der Waals surface area contributed by atoms with E-state index in [2.05, 4.69) is 5.32 Å². The molecule has 1 heterocycles. The summed E-state index contributed by atoms with van der Waals surface area (Å²) in [6.07, 6.45) is 0. The molecule has 0 spiro atoms. The molecule has 0 radical (unpaired) electrons. The fourth-order valence-corrected chi connectivity index (χ4v) is 1.87. The summed E-state index contributed by atoms with van der Waals surface area (Å²) >= 11 is 0. The molecule has 1 atom stereocenters. The molecule has 0 bridgehead atoms. The molecule has 1 aliphatic heterocycles. The van der Waals surface area contributed by atoms with Crippen LogP contribution in [0.3, 0.4) is 0 Å². The van der Waals surface area contributed by atoms with Crippen LogP contribution in [-0.2, 0) is 4.74 Å². The number of aryl methyl sites for hydroxylation is 1. The van der Waals surface area contributed by atoms with E-state index in [4.69, 9.17) is 4.74 Å². The third-order valence-electron chi connectivity index (χ3n) is 3.05. The van der Waals surface area contributed by atoms with E-state index in [1.165, 1.54) is 0 Å². The van der Waals surface area contributed by atoms with Gasteiger partial charge in [0.05, 0.1) is 24.2 Å². The quantitative estimate of drug-likeness (QED) is 0.641. The second-order valence-corrected chi connectivity index (χ2v) is 4.43. The maximum atomic E-state index is 10.9. The van der Waals surface area contributed by atoms with Crippen molar-refractivity contribution in [1.82, 2.24) is 5.32 Å². The number of nitrogens with one attached hydrogen (secondary N) is 1. The van der Waals surface area contributed by atoms with E-state index >= 15 is 0 Å². The molecule has 92 valence electrons. The van der Waals surface area contributed by atoms with E-state index in [0.717, 1.165) is 18.8 Å². The van der Waals surface area contributed by atoms with Gasteiger partial charge < -0.3 is 10.1 Å². The summed E-state index contributed by atoms with van der Waals surface area (Å²) < 4.78 is 5.08. The maximum absolute atomic E-state index is 10.9. The summed E-state index contributed by atoms with van der Waals surface area (Å²) in [5.74, 6) is 0.